The number of nitrogens with zero attached hydrogens (tertiary/aromatic N) is 3. The Morgan fingerprint density at radius 3 is 2.68 bits per heavy atom. The molecule has 1 saturated heterocycles. The molecule has 1 aliphatic rings. The van der Waals surface area contributed by atoms with E-state index < -0.39 is 11.4 Å². The van der Waals surface area contributed by atoms with E-state index in [0.717, 1.165) is 43.2 Å². The van der Waals surface area contributed by atoms with Gasteiger partial charge in [-0.3, -0.25) is 9.58 Å². The van der Waals surface area contributed by atoms with E-state index in [-0.39, 0.29) is 12.4 Å². The average Bonchev–Trinajstić information content (AvgIpc) is 3.02. The highest BCUT2D eigenvalue weighted by atomic mass is 19.1. The van der Waals surface area contributed by atoms with Crippen molar-refractivity contribution >= 4 is 0 Å². The number of hydrogen-bond donors (Lipinski definition) is 1. The smallest absolute Gasteiger partial charge is 0.165 e. The summed E-state index contributed by atoms with van der Waals surface area (Å²) in [5.41, 5.74) is 2.37. The Hall–Kier alpha value is -2.90. The Kier molecular flexibility index (Phi) is 7.85. The SMILES string of the molecule is Cc1cc(C)n(CCOc2cccc(CN3CCC[C@@](O)(COc4ccccc4F)CC3)c2)n1. The third-order valence-corrected chi connectivity index (χ3v) is 6.32. The van der Waals surface area contributed by atoms with Crippen LogP contribution < -0.4 is 9.47 Å². The summed E-state index contributed by atoms with van der Waals surface area (Å²) in [7, 11) is 0. The molecule has 1 atom stereocenters. The largest absolute Gasteiger partial charge is 0.492 e. The predicted octanol–water partition coefficient (Wildman–Crippen LogP) is 4.51. The van der Waals surface area contributed by atoms with Crippen molar-refractivity contribution in [3.8, 4) is 11.5 Å². The van der Waals surface area contributed by atoms with Gasteiger partial charge in [0.05, 0.1) is 17.8 Å². The molecule has 0 spiro atoms. The Morgan fingerprint density at radius 1 is 1.03 bits per heavy atom. The van der Waals surface area contributed by atoms with E-state index in [4.69, 9.17) is 9.47 Å². The summed E-state index contributed by atoms with van der Waals surface area (Å²) < 4.78 is 27.4. The fraction of sp³-hybridized carbons (Fsp3) is 0.444. The summed E-state index contributed by atoms with van der Waals surface area (Å²) in [6.45, 7) is 7.85. The molecule has 1 aliphatic heterocycles. The molecule has 6 nitrogen and oxygen atoms in total. The van der Waals surface area contributed by atoms with Gasteiger partial charge in [0.2, 0.25) is 0 Å². The molecule has 7 heteroatoms. The highest BCUT2D eigenvalue weighted by Crippen LogP contribution is 2.26. The zero-order chi connectivity index (χ0) is 24.0. The fourth-order valence-electron chi connectivity index (χ4n) is 4.45. The lowest BCUT2D eigenvalue weighted by Crippen LogP contribution is -2.37. The van der Waals surface area contributed by atoms with Crippen LogP contribution in [0.15, 0.2) is 54.6 Å². The van der Waals surface area contributed by atoms with Crippen LogP contribution in [0, 0.1) is 19.7 Å². The van der Waals surface area contributed by atoms with Gasteiger partial charge in [-0.1, -0.05) is 24.3 Å². The van der Waals surface area contributed by atoms with Crippen molar-refractivity contribution in [2.75, 3.05) is 26.3 Å². The number of ether oxygens (including phenoxy) is 2. The Bertz CT molecular complexity index is 1090. The number of rotatable bonds is 9. The van der Waals surface area contributed by atoms with Crippen molar-refractivity contribution in [2.24, 2.45) is 0 Å². The summed E-state index contributed by atoms with van der Waals surface area (Å²) in [5, 5.41) is 15.5. The molecule has 0 saturated carbocycles. The topological polar surface area (TPSA) is 59.8 Å². The van der Waals surface area contributed by atoms with E-state index in [0.29, 0.717) is 26.0 Å². The van der Waals surface area contributed by atoms with Gasteiger partial charge < -0.3 is 14.6 Å². The first kappa shape index (κ1) is 24.2. The second-order valence-corrected chi connectivity index (χ2v) is 9.22. The van der Waals surface area contributed by atoms with Crippen LogP contribution in [0.2, 0.25) is 0 Å². The minimum Gasteiger partial charge on any atom is -0.492 e. The molecular weight excluding hydrogens is 433 g/mol. The summed E-state index contributed by atoms with van der Waals surface area (Å²) in [6, 6.07) is 16.6. The molecule has 0 aliphatic carbocycles. The van der Waals surface area contributed by atoms with E-state index >= 15 is 0 Å². The molecule has 182 valence electrons. The first-order valence-electron chi connectivity index (χ1n) is 12.0. The number of likely N-dealkylation sites (tertiary alicyclic amines) is 1. The molecule has 1 N–H and O–H groups in total. The van der Waals surface area contributed by atoms with Gasteiger partial charge in [0, 0.05) is 18.8 Å². The van der Waals surface area contributed by atoms with E-state index in [1.54, 1.807) is 18.2 Å². The second kappa shape index (κ2) is 11.0. The number of halogens is 1. The fourth-order valence-corrected chi connectivity index (χ4v) is 4.45. The highest BCUT2D eigenvalue weighted by molar-refractivity contribution is 5.28. The minimum absolute atomic E-state index is 0.0976. The number of benzene rings is 2. The molecule has 0 bridgehead atoms. The van der Waals surface area contributed by atoms with Crippen LogP contribution in [0.25, 0.3) is 0 Å². The maximum absolute atomic E-state index is 13.8. The Labute approximate surface area is 200 Å². The first-order chi connectivity index (χ1) is 16.4. The quantitative estimate of drug-likeness (QED) is 0.502. The van der Waals surface area contributed by atoms with Crippen molar-refractivity contribution in [1.82, 2.24) is 14.7 Å². The van der Waals surface area contributed by atoms with Gasteiger partial charge >= 0.3 is 0 Å². The van der Waals surface area contributed by atoms with Crippen LogP contribution in [0.5, 0.6) is 11.5 Å². The Morgan fingerprint density at radius 2 is 1.88 bits per heavy atom. The molecule has 2 heterocycles. The Balaban J connectivity index is 1.27. The molecule has 4 rings (SSSR count). The molecule has 0 unspecified atom stereocenters. The summed E-state index contributed by atoms with van der Waals surface area (Å²) in [6.07, 6.45) is 2.07. The standard InChI is InChI=1S/C27H34FN3O3/c1-21-17-22(2)31(29-21)15-16-33-24-8-5-7-23(18-24)19-30-13-6-11-27(32,12-14-30)20-34-26-10-4-3-9-25(26)28/h3-5,7-10,17-18,32H,6,11-16,19-20H2,1-2H3/t27-/m0/s1. The van der Waals surface area contributed by atoms with Gasteiger partial charge in [-0.2, -0.15) is 5.10 Å². The molecule has 34 heavy (non-hydrogen) atoms. The lowest BCUT2D eigenvalue weighted by molar-refractivity contribution is -0.0177. The summed E-state index contributed by atoms with van der Waals surface area (Å²) in [5.74, 6) is 0.633. The van der Waals surface area contributed by atoms with Crippen LogP contribution in [0.1, 0.15) is 36.2 Å². The maximum Gasteiger partial charge on any atom is 0.165 e. The summed E-state index contributed by atoms with van der Waals surface area (Å²) in [4.78, 5) is 2.34. The van der Waals surface area contributed by atoms with Gasteiger partial charge in [0.15, 0.2) is 11.6 Å². The van der Waals surface area contributed by atoms with E-state index in [1.807, 2.05) is 23.7 Å². The third kappa shape index (κ3) is 6.58. The molecule has 0 amide bonds. The van der Waals surface area contributed by atoms with Crippen molar-refractivity contribution in [3.05, 3.63) is 77.4 Å². The zero-order valence-corrected chi connectivity index (χ0v) is 20.0. The number of hydrogen-bond acceptors (Lipinski definition) is 5. The molecule has 2 aromatic carbocycles. The van der Waals surface area contributed by atoms with Gasteiger partial charge in [0.1, 0.15) is 19.0 Å². The third-order valence-electron chi connectivity index (χ3n) is 6.32. The van der Waals surface area contributed by atoms with Gasteiger partial charge in [-0.15, -0.1) is 0 Å². The zero-order valence-electron chi connectivity index (χ0n) is 20.0. The van der Waals surface area contributed by atoms with Gasteiger partial charge in [-0.25, -0.2) is 4.39 Å². The van der Waals surface area contributed by atoms with Crippen LogP contribution >= 0.6 is 0 Å². The second-order valence-electron chi connectivity index (χ2n) is 9.22. The minimum atomic E-state index is -0.953. The number of aromatic nitrogens is 2. The normalized spacial score (nSPS) is 19.1. The molecule has 3 aromatic rings. The van der Waals surface area contributed by atoms with Crippen molar-refractivity contribution in [2.45, 2.75) is 51.8 Å². The van der Waals surface area contributed by atoms with Crippen LogP contribution in [-0.4, -0.2) is 51.7 Å². The number of para-hydroxylation sites is 1. The van der Waals surface area contributed by atoms with Crippen LogP contribution in [0.3, 0.4) is 0 Å². The monoisotopic (exact) mass is 467 g/mol. The van der Waals surface area contributed by atoms with E-state index in [9.17, 15) is 9.50 Å². The van der Waals surface area contributed by atoms with E-state index in [2.05, 4.69) is 35.1 Å². The molecular formula is C27H34FN3O3. The molecule has 1 aromatic heterocycles. The summed E-state index contributed by atoms with van der Waals surface area (Å²) >= 11 is 0. The van der Waals surface area contributed by atoms with Crippen LogP contribution in [-0.2, 0) is 13.1 Å². The highest BCUT2D eigenvalue weighted by Gasteiger charge is 2.31. The molecule has 0 radical (unpaired) electrons. The molecule has 1 fully saturated rings. The first-order valence-corrected chi connectivity index (χ1v) is 12.0. The lowest BCUT2D eigenvalue weighted by atomic mass is 9.96. The predicted molar refractivity (Wildman–Crippen MR) is 130 cm³/mol. The average molecular weight is 468 g/mol. The number of aliphatic hydroxyl groups is 1. The number of aryl methyl sites for hydroxylation is 2. The van der Waals surface area contributed by atoms with Crippen molar-refractivity contribution < 1.29 is 19.0 Å². The van der Waals surface area contributed by atoms with Crippen molar-refractivity contribution in [3.63, 3.8) is 0 Å². The van der Waals surface area contributed by atoms with Gasteiger partial charge in [0.25, 0.3) is 0 Å². The maximum atomic E-state index is 13.8. The van der Waals surface area contributed by atoms with Crippen molar-refractivity contribution in [1.29, 1.82) is 0 Å². The van der Waals surface area contributed by atoms with E-state index in [1.165, 1.54) is 11.6 Å². The lowest BCUT2D eigenvalue weighted by Gasteiger charge is -2.27. The van der Waals surface area contributed by atoms with Gasteiger partial charge in [-0.05, 0) is 75.5 Å². The van der Waals surface area contributed by atoms with Crippen LogP contribution in [0.4, 0.5) is 4.39 Å².